The van der Waals surface area contributed by atoms with Crippen LogP contribution in [0.15, 0.2) is 12.7 Å². The lowest BCUT2D eigenvalue weighted by Gasteiger charge is -2.61. The van der Waals surface area contributed by atoms with Crippen molar-refractivity contribution in [2.24, 2.45) is 40.4 Å². The summed E-state index contributed by atoms with van der Waals surface area (Å²) in [6.45, 7) is 14.4. The maximum Gasteiger partial charge on any atom is 0.148 e. The second-order valence-corrected chi connectivity index (χ2v) is 11.7. The minimum Gasteiger partial charge on any atom is -0.359 e. The smallest absolute Gasteiger partial charge is 0.148 e. The summed E-state index contributed by atoms with van der Waals surface area (Å²) in [5.74, 6) is 9.96. The molecule has 3 aliphatic carbocycles. The van der Waals surface area contributed by atoms with Crippen LogP contribution in [0.1, 0.15) is 79.1 Å². The van der Waals surface area contributed by atoms with Crippen LogP contribution in [0.3, 0.4) is 0 Å². The van der Waals surface area contributed by atoms with Gasteiger partial charge in [0.05, 0.1) is 6.10 Å². The van der Waals surface area contributed by atoms with E-state index in [2.05, 4.69) is 52.2 Å². The van der Waals surface area contributed by atoms with Crippen LogP contribution in [0, 0.1) is 52.3 Å². The van der Waals surface area contributed by atoms with E-state index in [-0.39, 0.29) is 11.5 Å². The van der Waals surface area contributed by atoms with Gasteiger partial charge in [-0.2, -0.15) is 0 Å². The predicted octanol–water partition coefficient (Wildman–Crippen LogP) is 6.45. The second-order valence-electron chi connectivity index (χ2n) is 11.7. The Kier molecular flexibility index (Phi) is 9.49. The molecule has 3 rings (SSSR count). The van der Waals surface area contributed by atoms with Crippen molar-refractivity contribution in [1.29, 1.82) is 0 Å². The van der Waals surface area contributed by atoms with Crippen LogP contribution in [-0.2, 0) is 18.9 Å². The van der Waals surface area contributed by atoms with Crippen molar-refractivity contribution in [2.45, 2.75) is 91.3 Å². The molecular formula is C29H48O4. The average Bonchev–Trinajstić information content (AvgIpc) is 2.79. The molecule has 0 amide bonds. The number of hydrogen-bond donors (Lipinski definition) is 0. The summed E-state index contributed by atoms with van der Waals surface area (Å²) in [6, 6.07) is 0. The fourth-order valence-electron chi connectivity index (χ4n) is 7.36. The Morgan fingerprint density at radius 3 is 2.45 bits per heavy atom. The molecule has 3 aliphatic rings. The zero-order valence-corrected chi connectivity index (χ0v) is 22.0. The third-order valence-electron chi connectivity index (χ3n) is 9.25. The number of fused-ring (bicyclic) bond motifs is 3. The lowest BCUT2D eigenvalue weighted by Crippen LogP contribution is -2.56. The first-order valence-corrected chi connectivity index (χ1v) is 13.1. The average molecular weight is 461 g/mol. The lowest BCUT2D eigenvalue weighted by atomic mass is 9.44. The molecule has 0 bridgehead atoms. The Labute approximate surface area is 203 Å². The van der Waals surface area contributed by atoms with Gasteiger partial charge in [0.1, 0.15) is 19.7 Å². The molecule has 0 heterocycles. The van der Waals surface area contributed by atoms with Crippen molar-refractivity contribution >= 4 is 0 Å². The number of ether oxygens (including phenoxy) is 4. The maximum absolute atomic E-state index is 6.31. The fourth-order valence-corrected chi connectivity index (χ4v) is 7.36. The van der Waals surface area contributed by atoms with E-state index in [0.29, 0.717) is 48.8 Å². The van der Waals surface area contributed by atoms with Crippen molar-refractivity contribution < 1.29 is 18.9 Å². The zero-order chi connectivity index (χ0) is 24.1. The normalized spacial score (nSPS) is 39.2. The van der Waals surface area contributed by atoms with Gasteiger partial charge in [-0.25, -0.2) is 0 Å². The molecule has 0 saturated heterocycles. The molecule has 0 spiro atoms. The molecule has 4 heteroatoms. The van der Waals surface area contributed by atoms with Gasteiger partial charge in [-0.15, -0.1) is 12.5 Å². The highest BCUT2D eigenvalue weighted by Crippen LogP contribution is 2.64. The van der Waals surface area contributed by atoms with Crippen LogP contribution in [0.4, 0.5) is 0 Å². The van der Waals surface area contributed by atoms with Crippen molar-refractivity contribution in [1.82, 2.24) is 0 Å². The molecule has 33 heavy (non-hydrogen) atoms. The van der Waals surface area contributed by atoms with Crippen LogP contribution in [0.25, 0.3) is 0 Å². The molecule has 0 radical (unpaired) electrons. The van der Waals surface area contributed by atoms with E-state index in [0.717, 1.165) is 25.2 Å². The molecule has 4 nitrogen and oxygen atoms in total. The summed E-state index contributed by atoms with van der Waals surface area (Å²) in [4.78, 5) is 0. The minimum absolute atomic E-state index is 0.0358. The molecule has 0 aromatic heterocycles. The van der Waals surface area contributed by atoms with Crippen LogP contribution in [-0.4, -0.2) is 40.0 Å². The second kappa shape index (κ2) is 11.7. The molecule has 3 saturated carbocycles. The largest absolute Gasteiger partial charge is 0.359 e. The van der Waals surface area contributed by atoms with E-state index in [1.54, 1.807) is 14.2 Å². The zero-order valence-electron chi connectivity index (χ0n) is 22.0. The van der Waals surface area contributed by atoms with Gasteiger partial charge in [-0.3, -0.25) is 0 Å². The molecule has 0 unspecified atom stereocenters. The molecular weight excluding hydrogens is 412 g/mol. The SMILES string of the molecule is C=C[C@@]1(C)CC[C@H]2[C@@H](CC[C@H]3C[C@@H](OCOC)CC[C@@]32C)[C@H]1[C@H](C#CCC(C)C)OCOC. The van der Waals surface area contributed by atoms with Gasteiger partial charge in [0, 0.05) is 26.6 Å². The molecule has 0 aromatic rings. The van der Waals surface area contributed by atoms with Crippen LogP contribution < -0.4 is 0 Å². The number of rotatable bonds is 9. The van der Waals surface area contributed by atoms with Crippen molar-refractivity contribution in [2.75, 3.05) is 27.8 Å². The summed E-state index contributed by atoms with van der Waals surface area (Å²) in [6.07, 6.45) is 11.8. The first kappa shape index (κ1) is 26.7. The molecule has 3 fully saturated rings. The van der Waals surface area contributed by atoms with Gasteiger partial charge in [-0.1, -0.05) is 39.7 Å². The van der Waals surface area contributed by atoms with Crippen molar-refractivity contribution in [3.05, 3.63) is 12.7 Å². The van der Waals surface area contributed by atoms with E-state index in [1.807, 2.05) is 0 Å². The van der Waals surface area contributed by atoms with Gasteiger partial charge in [0.25, 0.3) is 0 Å². The standard InChI is InChI=1S/C29H48O4/c1-8-28(4)16-15-25-24(27(28)26(33-20-31-7)11-9-10-21(2)3)13-12-22-18-23(32-19-30-6)14-17-29(22,25)5/h8,21-27H,1,10,12-20H2,2-7H3/t22-,23-,24+,25-,26-,27-,28-,29-/m0/s1. The summed E-state index contributed by atoms with van der Waals surface area (Å²) in [7, 11) is 3.41. The van der Waals surface area contributed by atoms with Gasteiger partial charge in [0.15, 0.2) is 0 Å². The van der Waals surface area contributed by atoms with E-state index in [1.165, 1.54) is 32.1 Å². The summed E-state index contributed by atoms with van der Waals surface area (Å²) in [5, 5.41) is 0. The molecule has 0 aromatic carbocycles. The third kappa shape index (κ3) is 5.87. The Morgan fingerprint density at radius 1 is 1.03 bits per heavy atom. The highest BCUT2D eigenvalue weighted by atomic mass is 16.7. The minimum atomic E-state index is -0.110. The number of allylic oxidation sites excluding steroid dienone is 1. The Hall–Kier alpha value is -0.860. The molecule has 0 N–H and O–H groups in total. The first-order valence-electron chi connectivity index (χ1n) is 13.1. The summed E-state index contributed by atoms with van der Waals surface area (Å²) in [5.41, 5.74) is 0.405. The third-order valence-corrected chi connectivity index (χ3v) is 9.25. The van der Waals surface area contributed by atoms with Gasteiger partial charge in [0.2, 0.25) is 0 Å². The Morgan fingerprint density at radius 2 is 1.79 bits per heavy atom. The number of hydrogen-bond acceptors (Lipinski definition) is 4. The molecule has 188 valence electrons. The van der Waals surface area contributed by atoms with Crippen LogP contribution >= 0.6 is 0 Å². The predicted molar refractivity (Wildman–Crippen MR) is 133 cm³/mol. The summed E-state index contributed by atoms with van der Waals surface area (Å²) >= 11 is 0. The van der Waals surface area contributed by atoms with E-state index in [4.69, 9.17) is 18.9 Å². The Balaban J connectivity index is 1.87. The highest BCUT2D eigenvalue weighted by Gasteiger charge is 2.58. The Bertz CT molecular complexity index is 693. The summed E-state index contributed by atoms with van der Waals surface area (Å²) < 4.78 is 22.8. The first-order chi connectivity index (χ1) is 15.8. The quantitative estimate of drug-likeness (QED) is 0.225. The van der Waals surface area contributed by atoms with E-state index in [9.17, 15) is 0 Å². The van der Waals surface area contributed by atoms with Gasteiger partial charge < -0.3 is 18.9 Å². The van der Waals surface area contributed by atoms with Gasteiger partial charge in [-0.05, 0) is 79.4 Å². The van der Waals surface area contributed by atoms with E-state index >= 15 is 0 Å². The lowest BCUT2D eigenvalue weighted by molar-refractivity contribution is -0.169. The monoisotopic (exact) mass is 460 g/mol. The molecule has 8 atom stereocenters. The van der Waals surface area contributed by atoms with Crippen LogP contribution in [0.5, 0.6) is 0 Å². The van der Waals surface area contributed by atoms with E-state index < -0.39 is 0 Å². The van der Waals surface area contributed by atoms with Crippen molar-refractivity contribution in [3.8, 4) is 11.8 Å². The topological polar surface area (TPSA) is 36.9 Å². The van der Waals surface area contributed by atoms with Crippen LogP contribution in [0.2, 0.25) is 0 Å². The van der Waals surface area contributed by atoms with Gasteiger partial charge >= 0.3 is 0 Å². The molecule has 0 aliphatic heterocycles. The highest BCUT2D eigenvalue weighted by molar-refractivity contribution is 5.17. The fraction of sp³-hybridized carbons (Fsp3) is 0.862. The van der Waals surface area contributed by atoms with Crippen molar-refractivity contribution in [3.63, 3.8) is 0 Å². The maximum atomic E-state index is 6.31. The number of methoxy groups -OCH3 is 2.